The molecule has 3 N–H and O–H groups in total. The Morgan fingerprint density at radius 1 is 1.12 bits per heavy atom. The van der Waals surface area contributed by atoms with E-state index in [1.165, 1.54) is 0 Å². The van der Waals surface area contributed by atoms with Gasteiger partial charge in [0.1, 0.15) is 5.75 Å². The van der Waals surface area contributed by atoms with E-state index < -0.39 is 0 Å². The zero-order valence-corrected chi connectivity index (χ0v) is 13.9. The molecule has 0 bridgehead atoms. The van der Waals surface area contributed by atoms with Crippen LogP contribution in [0.2, 0.25) is 0 Å². The highest BCUT2D eigenvalue weighted by molar-refractivity contribution is 5.81. The Balaban J connectivity index is 1.85. The Morgan fingerprint density at radius 2 is 1.83 bits per heavy atom. The van der Waals surface area contributed by atoms with E-state index in [9.17, 15) is 9.90 Å². The average Bonchev–Trinajstić information content (AvgIpc) is 2.64. The number of para-hydroxylation sites is 2. The van der Waals surface area contributed by atoms with Crippen LogP contribution in [-0.4, -0.2) is 37.8 Å². The molecule has 0 aliphatic carbocycles. The lowest BCUT2D eigenvalue weighted by Gasteiger charge is -2.17. The van der Waals surface area contributed by atoms with E-state index >= 15 is 0 Å². The lowest BCUT2D eigenvalue weighted by atomic mass is 9.96. The molecule has 0 aliphatic heterocycles. The van der Waals surface area contributed by atoms with Gasteiger partial charge < -0.3 is 20.5 Å². The zero-order chi connectivity index (χ0) is 17.2. The van der Waals surface area contributed by atoms with E-state index in [0.717, 1.165) is 11.3 Å². The molecule has 0 heterocycles. The number of anilines is 1. The Bertz CT molecular complexity index is 632. The summed E-state index contributed by atoms with van der Waals surface area (Å²) in [5.74, 6) is 0.707. The van der Waals surface area contributed by atoms with Crippen LogP contribution in [0.3, 0.4) is 0 Å². The fourth-order valence-electron chi connectivity index (χ4n) is 2.53. The smallest absolute Gasteiger partial charge is 0.239 e. The van der Waals surface area contributed by atoms with Gasteiger partial charge in [-0.1, -0.05) is 42.5 Å². The van der Waals surface area contributed by atoms with Gasteiger partial charge in [0, 0.05) is 19.1 Å². The number of carbonyl (C=O) groups excluding carboxylic acids is 1. The number of carbonyl (C=O) groups is 1. The van der Waals surface area contributed by atoms with E-state index in [2.05, 4.69) is 10.6 Å². The Kier molecular flexibility index (Phi) is 7.11. The normalized spacial score (nSPS) is 11.6. The van der Waals surface area contributed by atoms with Gasteiger partial charge in [-0.15, -0.1) is 0 Å². The maximum Gasteiger partial charge on any atom is 0.239 e. The molecule has 0 saturated carbocycles. The molecule has 2 aromatic carbocycles. The maximum atomic E-state index is 12.1. The van der Waals surface area contributed by atoms with Crippen LogP contribution in [0.5, 0.6) is 5.75 Å². The highest BCUT2D eigenvalue weighted by Crippen LogP contribution is 2.22. The van der Waals surface area contributed by atoms with Crippen LogP contribution in [0.25, 0.3) is 0 Å². The van der Waals surface area contributed by atoms with Gasteiger partial charge in [0.15, 0.2) is 0 Å². The van der Waals surface area contributed by atoms with E-state index in [0.29, 0.717) is 18.7 Å². The summed E-state index contributed by atoms with van der Waals surface area (Å²) in [7, 11) is 1.60. The highest BCUT2D eigenvalue weighted by atomic mass is 16.5. The summed E-state index contributed by atoms with van der Waals surface area (Å²) in [5.41, 5.74) is 1.90. The summed E-state index contributed by atoms with van der Waals surface area (Å²) in [6.45, 7) is 0.757. The molecular weight excluding hydrogens is 304 g/mol. The van der Waals surface area contributed by atoms with Gasteiger partial charge in [-0.25, -0.2) is 0 Å². The summed E-state index contributed by atoms with van der Waals surface area (Å²) in [6.07, 6.45) is 0.615. The van der Waals surface area contributed by atoms with Crippen molar-refractivity contribution in [3.8, 4) is 5.75 Å². The minimum absolute atomic E-state index is 0.0922. The number of methoxy groups -OCH3 is 1. The zero-order valence-electron chi connectivity index (χ0n) is 13.9. The van der Waals surface area contributed by atoms with Crippen molar-refractivity contribution in [2.24, 2.45) is 0 Å². The number of hydrogen-bond donors (Lipinski definition) is 3. The molecule has 128 valence electrons. The van der Waals surface area contributed by atoms with Gasteiger partial charge in [-0.05, 0) is 24.1 Å². The number of benzene rings is 2. The van der Waals surface area contributed by atoms with Crippen molar-refractivity contribution in [3.63, 3.8) is 0 Å². The number of aliphatic hydroxyl groups excluding tert-OH is 1. The Hall–Kier alpha value is -2.53. The highest BCUT2D eigenvalue weighted by Gasteiger charge is 2.12. The monoisotopic (exact) mass is 328 g/mol. The number of rotatable bonds is 9. The number of amides is 1. The van der Waals surface area contributed by atoms with Crippen molar-refractivity contribution < 1.29 is 14.6 Å². The number of aliphatic hydroxyl groups is 1. The fourth-order valence-corrected chi connectivity index (χ4v) is 2.53. The van der Waals surface area contributed by atoms with Crippen molar-refractivity contribution in [2.75, 3.05) is 32.1 Å². The molecule has 0 saturated heterocycles. The van der Waals surface area contributed by atoms with Crippen molar-refractivity contribution in [1.29, 1.82) is 0 Å². The molecule has 2 aromatic rings. The molecule has 0 radical (unpaired) electrons. The van der Waals surface area contributed by atoms with E-state index in [4.69, 9.17) is 4.74 Å². The number of nitrogens with one attached hydrogen (secondary N) is 2. The van der Waals surface area contributed by atoms with Crippen LogP contribution in [0.1, 0.15) is 17.9 Å². The number of ether oxygens (including phenoxy) is 1. The summed E-state index contributed by atoms with van der Waals surface area (Å²) in [4.78, 5) is 12.1. The Labute approximate surface area is 142 Å². The first-order chi connectivity index (χ1) is 11.7. The molecule has 0 aromatic heterocycles. The predicted molar refractivity (Wildman–Crippen MR) is 95.4 cm³/mol. The van der Waals surface area contributed by atoms with Crippen molar-refractivity contribution in [3.05, 3.63) is 60.2 Å². The van der Waals surface area contributed by atoms with Crippen molar-refractivity contribution >= 4 is 11.6 Å². The molecule has 0 spiro atoms. The average molecular weight is 328 g/mol. The summed E-state index contributed by atoms with van der Waals surface area (Å²) in [6, 6.07) is 17.4. The van der Waals surface area contributed by atoms with E-state index in [-0.39, 0.29) is 25.0 Å². The second-order valence-corrected chi connectivity index (χ2v) is 5.48. The summed E-state index contributed by atoms with van der Waals surface area (Å²) in [5, 5.41) is 15.2. The van der Waals surface area contributed by atoms with Gasteiger partial charge in [0.05, 0.1) is 19.3 Å². The van der Waals surface area contributed by atoms with Gasteiger partial charge in [-0.3, -0.25) is 4.79 Å². The first-order valence-corrected chi connectivity index (χ1v) is 8.04. The molecule has 5 nitrogen and oxygen atoms in total. The van der Waals surface area contributed by atoms with Crippen LogP contribution < -0.4 is 15.4 Å². The lowest BCUT2D eigenvalue weighted by Crippen LogP contribution is -2.33. The third-order valence-electron chi connectivity index (χ3n) is 3.84. The van der Waals surface area contributed by atoms with Gasteiger partial charge in [0.2, 0.25) is 5.91 Å². The fraction of sp³-hybridized carbons (Fsp3) is 0.316. The molecule has 0 fully saturated rings. The molecule has 1 amide bonds. The van der Waals surface area contributed by atoms with Crippen LogP contribution in [0.4, 0.5) is 5.69 Å². The van der Waals surface area contributed by atoms with Gasteiger partial charge >= 0.3 is 0 Å². The van der Waals surface area contributed by atoms with Crippen LogP contribution in [0, 0.1) is 0 Å². The standard InChI is InChI=1S/C19H24N2O3/c1-24-18-10-6-5-9-17(18)20-14-19(23)21-13-16(11-12-22)15-7-3-2-4-8-15/h2-10,16,20,22H,11-14H2,1H3,(H,21,23). The SMILES string of the molecule is COc1ccccc1NCC(=O)NCC(CCO)c1ccccc1. The predicted octanol–water partition coefficient (Wildman–Crippen LogP) is 2.39. The van der Waals surface area contributed by atoms with Crippen LogP contribution in [0.15, 0.2) is 54.6 Å². The summed E-state index contributed by atoms with van der Waals surface area (Å²) >= 11 is 0. The largest absolute Gasteiger partial charge is 0.495 e. The molecule has 1 unspecified atom stereocenters. The number of hydrogen-bond acceptors (Lipinski definition) is 4. The van der Waals surface area contributed by atoms with Crippen molar-refractivity contribution in [1.82, 2.24) is 5.32 Å². The van der Waals surface area contributed by atoms with Gasteiger partial charge in [-0.2, -0.15) is 0 Å². The third kappa shape index (κ3) is 5.28. The summed E-state index contributed by atoms with van der Waals surface area (Å²) < 4.78 is 5.24. The molecule has 24 heavy (non-hydrogen) atoms. The topological polar surface area (TPSA) is 70.6 Å². The van der Waals surface area contributed by atoms with E-state index in [1.54, 1.807) is 7.11 Å². The third-order valence-corrected chi connectivity index (χ3v) is 3.84. The minimum atomic E-state index is -0.0974. The van der Waals surface area contributed by atoms with Crippen LogP contribution >= 0.6 is 0 Å². The van der Waals surface area contributed by atoms with Crippen molar-refractivity contribution in [2.45, 2.75) is 12.3 Å². The first kappa shape index (κ1) is 17.8. The molecule has 1 atom stereocenters. The molecule has 0 aliphatic rings. The quantitative estimate of drug-likeness (QED) is 0.661. The molecular formula is C19H24N2O3. The maximum absolute atomic E-state index is 12.1. The lowest BCUT2D eigenvalue weighted by molar-refractivity contribution is -0.119. The second-order valence-electron chi connectivity index (χ2n) is 5.48. The molecule has 2 rings (SSSR count). The minimum Gasteiger partial charge on any atom is -0.495 e. The second kappa shape index (κ2) is 9.57. The molecule has 5 heteroatoms. The first-order valence-electron chi connectivity index (χ1n) is 8.04. The van der Waals surface area contributed by atoms with Crippen LogP contribution in [-0.2, 0) is 4.79 Å². The van der Waals surface area contributed by atoms with E-state index in [1.807, 2.05) is 54.6 Å². The van der Waals surface area contributed by atoms with Gasteiger partial charge in [0.25, 0.3) is 0 Å². The Morgan fingerprint density at radius 3 is 2.54 bits per heavy atom.